The molecule has 21 heavy (non-hydrogen) atoms. The smallest absolute Gasteiger partial charge is 0.242 e. The average Bonchev–Trinajstić information content (AvgIpc) is 2.78. The Labute approximate surface area is 126 Å². The molecular weight excluding hydrogens is 290 g/mol. The van der Waals surface area contributed by atoms with E-state index in [1.807, 2.05) is 18.5 Å². The Bertz CT molecular complexity index is 571. The van der Waals surface area contributed by atoms with Crippen LogP contribution in [0.4, 0.5) is 0 Å². The Morgan fingerprint density at radius 3 is 2.67 bits per heavy atom. The van der Waals surface area contributed by atoms with Crippen LogP contribution in [0.25, 0.3) is 0 Å². The SMILES string of the molecule is CCNCc1cc(S(=O)(=O)NCC2(OC)CCC2)cn1C. The van der Waals surface area contributed by atoms with Crippen LogP contribution in [-0.2, 0) is 28.4 Å². The van der Waals surface area contributed by atoms with E-state index in [4.69, 9.17) is 4.74 Å². The van der Waals surface area contributed by atoms with Crippen molar-refractivity contribution in [2.45, 2.75) is 43.2 Å². The molecule has 1 aliphatic rings. The molecule has 1 saturated carbocycles. The molecule has 0 atom stereocenters. The quantitative estimate of drug-likeness (QED) is 0.750. The number of rotatable bonds is 8. The Kier molecular flexibility index (Phi) is 5.08. The number of sulfonamides is 1. The Morgan fingerprint density at radius 2 is 2.14 bits per heavy atom. The molecule has 120 valence electrons. The highest BCUT2D eigenvalue weighted by molar-refractivity contribution is 7.89. The van der Waals surface area contributed by atoms with Gasteiger partial charge < -0.3 is 14.6 Å². The maximum absolute atomic E-state index is 12.4. The summed E-state index contributed by atoms with van der Waals surface area (Å²) in [6, 6.07) is 1.71. The van der Waals surface area contributed by atoms with Crippen molar-refractivity contribution in [3.63, 3.8) is 0 Å². The van der Waals surface area contributed by atoms with Gasteiger partial charge in [-0.25, -0.2) is 13.1 Å². The number of aromatic nitrogens is 1. The summed E-state index contributed by atoms with van der Waals surface area (Å²) in [5.41, 5.74) is 0.636. The molecule has 2 rings (SSSR count). The second kappa shape index (κ2) is 6.48. The molecule has 6 nitrogen and oxygen atoms in total. The Hall–Kier alpha value is -0.890. The van der Waals surface area contributed by atoms with Crippen LogP contribution in [0.1, 0.15) is 31.9 Å². The van der Waals surface area contributed by atoms with Gasteiger partial charge in [0, 0.05) is 39.1 Å². The summed E-state index contributed by atoms with van der Waals surface area (Å²) < 4.78 is 34.7. The second-order valence-corrected chi connectivity index (χ2v) is 7.39. The third kappa shape index (κ3) is 3.66. The first-order chi connectivity index (χ1) is 9.92. The van der Waals surface area contributed by atoms with Crippen molar-refractivity contribution in [2.24, 2.45) is 7.05 Å². The Morgan fingerprint density at radius 1 is 1.43 bits per heavy atom. The van der Waals surface area contributed by atoms with E-state index in [2.05, 4.69) is 10.0 Å². The first-order valence-corrected chi connectivity index (χ1v) is 8.81. The van der Waals surface area contributed by atoms with Gasteiger partial charge in [0.1, 0.15) is 0 Å². The molecule has 0 aromatic carbocycles. The van der Waals surface area contributed by atoms with Gasteiger partial charge in [-0.1, -0.05) is 6.92 Å². The van der Waals surface area contributed by atoms with Crippen LogP contribution in [0.5, 0.6) is 0 Å². The maximum Gasteiger partial charge on any atom is 0.242 e. The van der Waals surface area contributed by atoms with Crippen LogP contribution < -0.4 is 10.0 Å². The van der Waals surface area contributed by atoms with E-state index >= 15 is 0 Å². The first-order valence-electron chi connectivity index (χ1n) is 7.33. The van der Waals surface area contributed by atoms with Crippen LogP contribution >= 0.6 is 0 Å². The van der Waals surface area contributed by atoms with Crippen molar-refractivity contribution < 1.29 is 13.2 Å². The van der Waals surface area contributed by atoms with Gasteiger partial charge in [0.25, 0.3) is 0 Å². The van der Waals surface area contributed by atoms with E-state index in [1.54, 1.807) is 19.4 Å². The molecule has 2 N–H and O–H groups in total. The predicted molar refractivity (Wildman–Crippen MR) is 81.6 cm³/mol. The van der Waals surface area contributed by atoms with E-state index in [9.17, 15) is 8.42 Å². The third-order valence-electron chi connectivity index (χ3n) is 4.23. The van der Waals surface area contributed by atoms with Crippen LogP contribution in [-0.4, -0.2) is 38.8 Å². The molecule has 0 amide bonds. The van der Waals surface area contributed by atoms with Crippen molar-refractivity contribution >= 4 is 10.0 Å². The lowest BCUT2D eigenvalue weighted by Crippen LogP contribution is -2.49. The number of ether oxygens (including phenoxy) is 1. The van der Waals surface area contributed by atoms with Gasteiger partial charge >= 0.3 is 0 Å². The van der Waals surface area contributed by atoms with Crippen molar-refractivity contribution in [3.05, 3.63) is 18.0 Å². The van der Waals surface area contributed by atoms with E-state index in [0.29, 0.717) is 18.0 Å². The van der Waals surface area contributed by atoms with Gasteiger partial charge in [0.2, 0.25) is 10.0 Å². The normalized spacial score (nSPS) is 17.7. The number of nitrogens with zero attached hydrogens (tertiary/aromatic N) is 1. The van der Waals surface area contributed by atoms with Gasteiger partial charge in [-0.3, -0.25) is 0 Å². The summed E-state index contributed by atoms with van der Waals surface area (Å²) in [5.74, 6) is 0. The van der Waals surface area contributed by atoms with E-state index in [1.165, 1.54) is 0 Å². The minimum absolute atomic E-state index is 0.309. The molecule has 1 heterocycles. The summed E-state index contributed by atoms with van der Waals surface area (Å²) in [6.45, 7) is 3.86. The molecule has 1 aliphatic carbocycles. The standard InChI is InChI=1S/C14H25N3O3S/c1-4-15-9-12-8-13(10-17(12)2)21(18,19)16-11-14(20-3)6-5-7-14/h8,10,15-16H,4-7,9,11H2,1-3H3. The van der Waals surface area contributed by atoms with E-state index < -0.39 is 10.0 Å². The molecule has 1 aromatic rings. The van der Waals surface area contributed by atoms with Gasteiger partial charge in [-0.05, 0) is 31.9 Å². The molecule has 0 spiro atoms. The molecule has 1 fully saturated rings. The highest BCUT2D eigenvalue weighted by atomic mass is 32.2. The molecule has 1 aromatic heterocycles. The van der Waals surface area contributed by atoms with Gasteiger partial charge in [0.05, 0.1) is 10.5 Å². The average molecular weight is 315 g/mol. The summed E-state index contributed by atoms with van der Waals surface area (Å²) in [7, 11) is 0.0137. The van der Waals surface area contributed by atoms with Crippen LogP contribution in [0, 0.1) is 0 Å². The maximum atomic E-state index is 12.4. The fourth-order valence-electron chi connectivity index (χ4n) is 2.49. The summed E-state index contributed by atoms with van der Waals surface area (Å²) in [5, 5.41) is 3.20. The molecule has 0 aliphatic heterocycles. The lowest BCUT2D eigenvalue weighted by atomic mass is 9.80. The van der Waals surface area contributed by atoms with Gasteiger partial charge in [0.15, 0.2) is 0 Å². The number of aryl methyl sites for hydroxylation is 1. The molecule has 0 bridgehead atoms. The van der Waals surface area contributed by atoms with E-state index in [0.717, 1.165) is 31.5 Å². The zero-order valence-electron chi connectivity index (χ0n) is 13.0. The lowest BCUT2D eigenvalue weighted by Gasteiger charge is -2.40. The number of hydrogen-bond acceptors (Lipinski definition) is 4. The number of methoxy groups -OCH3 is 1. The predicted octanol–water partition coefficient (Wildman–Crippen LogP) is 0.982. The van der Waals surface area contributed by atoms with Crippen molar-refractivity contribution in [1.82, 2.24) is 14.6 Å². The van der Waals surface area contributed by atoms with Crippen molar-refractivity contribution in [1.29, 1.82) is 0 Å². The minimum atomic E-state index is -3.49. The number of hydrogen-bond donors (Lipinski definition) is 2. The lowest BCUT2D eigenvalue weighted by molar-refractivity contribution is -0.0659. The van der Waals surface area contributed by atoms with Crippen LogP contribution in [0.15, 0.2) is 17.2 Å². The minimum Gasteiger partial charge on any atom is -0.377 e. The molecule has 0 saturated heterocycles. The van der Waals surface area contributed by atoms with Crippen LogP contribution in [0.2, 0.25) is 0 Å². The largest absolute Gasteiger partial charge is 0.377 e. The highest BCUT2D eigenvalue weighted by Crippen LogP contribution is 2.34. The van der Waals surface area contributed by atoms with Crippen LogP contribution in [0.3, 0.4) is 0 Å². The van der Waals surface area contributed by atoms with Crippen molar-refractivity contribution in [3.8, 4) is 0 Å². The highest BCUT2D eigenvalue weighted by Gasteiger charge is 2.38. The third-order valence-corrected chi connectivity index (χ3v) is 5.60. The molecular formula is C14H25N3O3S. The number of nitrogens with one attached hydrogen (secondary N) is 2. The molecule has 0 unspecified atom stereocenters. The van der Waals surface area contributed by atoms with Crippen molar-refractivity contribution in [2.75, 3.05) is 20.2 Å². The summed E-state index contributed by atoms with van der Waals surface area (Å²) in [6.07, 6.45) is 4.56. The van der Waals surface area contributed by atoms with Gasteiger partial charge in [-0.15, -0.1) is 0 Å². The fourth-order valence-corrected chi connectivity index (χ4v) is 3.69. The first kappa shape index (κ1) is 16.5. The van der Waals surface area contributed by atoms with E-state index in [-0.39, 0.29) is 5.60 Å². The Balaban J connectivity index is 2.05. The summed E-state index contributed by atoms with van der Waals surface area (Å²) >= 11 is 0. The summed E-state index contributed by atoms with van der Waals surface area (Å²) in [4.78, 5) is 0.309. The topological polar surface area (TPSA) is 72.4 Å². The van der Waals surface area contributed by atoms with Gasteiger partial charge in [-0.2, -0.15) is 0 Å². The second-order valence-electron chi connectivity index (χ2n) is 5.62. The fraction of sp³-hybridized carbons (Fsp3) is 0.714. The molecule has 0 radical (unpaired) electrons. The molecule has 7 heteroatoms. The zero-order valence-corrected chi connectivity index (χ0v) is 13.8. The zero-order chi connectivity index (χ0) is 15.5. The monoisotopic (exact) mass is 315 g/mol.